The SMILES string of the molecule is CC(C)(C)NCc1ccc(OCC2CCCCO2)c(Br)c1. The second-order valence-electron chi connectivity index (χ2n) is 6.67. The van der Waals surface area contributed by atoms with Crippen LogP contribution in [0.15, 0.2) is 22.7 Å². The Morgan fingerprint density at radius 2 is 2.14 bits per heavy atom. The van der Waals surface area contributed by atoms with E-state index in [9.17, 15) is 0 Å². The Balaban J connectivity index is 1.86. The molecule has 0 saturated carbocycles. The summed E-state index contributed by atoms with van der Waals surface area (Å²) in [6.45, 7) is 8.87. The van der Waals surface area contributed by atoms with Gasteiger partial charge in [-0.15, -0.1) is 0 Å². The van der Waals surface area contributed by atoms with Gasteiger partial charge >= 0.3 is 0 Å². The summed E-state index contributed by atoms with van der Waals surface area (Å²) in [7, 11) is 0. The highest BCUT2D eigenvalue weighted by atomic mass is 79.9. The first-order valence-electron chi connectivity index (χ1n) is 7.72. The molecule has 1 aromatic carbocycles. The van der Waals surface area contributed by atoms with E-state index < -0.39 is 0 Å². The summed E-state index contributed by atoms with van der Waals surface area (Å²) in [6.07, 6.45) is 3.76. The van der Waals surface area contributed by atoms with Gasteiger partial charge in [0.15, 0.2) is 0 Å². The van der Waals surface area contributed by atoms with Crippen LogP contribution in [0.5, 0.6) is 5.75 Å². The van der Waals surface area contributed by atoms with Crippen molar-refractivity contribution in [1.82, 2.24) is 5.32 Å². The summed E-state index contributed by atoms with van der Waals surface area (Å²) in [5, 5.41) is 3.49. The summed E-state index contributed by atoms with van der Waals surface area (Å²) in [5.74, 6) is 0.892. The molecule has 0 bridgehead atoms. The molecular formula is C17H26BrNO2. The van der Waals surface area contributed by atoms with Crippen LogP contribution in [0.1, 0.15) is 45.6 Å². The van der Waals surface area contributed by atoms with E-state index in [1.54, 1.807) is 0 Å². The van der Waals surface area contributed by atoms with Crippen LogP contribution >= 0.6 is 15.9 Å². The van der Waals surface area contributed by atoms with Gasteiger partial charge in [0.1, 0.15) is 12.4 Å². The topological polar surface area (TPSA) is 30.5 Å². The fourth-order valence-electron chi connectivity index (χ4n) is 2.26. The molecular weight excluding hydrogens is 330 g/mol. The van der Waals surface area contributed by atoms with Crippen molar-refractivity contribution in [2.75, 3.05) is 13.2 Å². The van der Waals surface area contributed by atoms with Gasteiger partial charge in [0.2, 0.25) is 0 Å². The molecule has 1 atom stereocenters. The molecule has 1 fully saturated rings. The molecule has 1 saturated heterocycles. The number of halogens is 1. The Hall–Kier alpha value is -0.580. The first-order chi connectivity index (χ1) is 9.94. The lowest BCUT2D eigenvalue weighted by Crippen LogP contribution is -2.35. The van der Waals surface area contributed by atoms with Crippen LogP contribution in [-0.4, -0.2) is 24.9 Å². The van der Waals surface area contributed by atoms with Gasteiger partial charge in [-0.2, -0.15) is 0 Å². The van der Waals surface area contributed by atoms with Gasteiger partial charge < -0.3 is 14.8 Å². The van der Waals surface area contributed by atoms with E-state index in [0.717, 1.165) is 29.8 Å². The van der Waals surface area contributed by atoms with Crippen molar-refractivity contribution in [2.45, 2.75) is 58.2 Å². The normalized spacial score (nSPS) is 19.5. The molecule has 3 nitrogen and oxygen atoms in total. The number of rotatable bonds is 5. The molecule has 21 heavy (non-hydrogen) atoms. The number of ether oxygens (including phenoxy) is 2. The molecule has 0 aliphatic carbocycles. The van der Waals surface area contributed by atoms with Gasteiger partial charge in [-0.05, 0) is 73.7 Å². The van der Waals surface area contributed by atoms with E-state index in [-0.39, 0.29) is 11.6 Å². The molecule has 1 aliphatic rings. The quantitative estimate of drug-likeness (QED) is 0.854. The molecule has 0 spiro atoms. The molecule has 1 aromatic rings. The number of hydrogen-bond donors (Lipinski definition) is 1. The number of hydrogen-bond acceptors (Lipinski definition) is 3. The summed E-state index contributed by atoms with van der Waals surface area (Å²) in [6, 6.07) is 6.27. The van der Waals surface area contributed by atoms with E-state index in [0.29, 0.717) is 6.61 Å². The first kappa shape index (κ1) is 16.8. The van der Waals surface area contributed by atoms with E-state index in [1.165, 1.54) is 18.4 Å². The Morgan fingerprint density at radius 3 is 2.76 bits per heavy atom. The van der Waals surface area contributed by atoms with Crippen molar-refractivity contribution >= 4 is 15.9 Å². The van der Waals surface area contributed by atoms with Crippen molar-refractivity contribution in [3.8, 4) is 5.75 Å². The number of benzene rings is 1. The van der Waals surface area contributed by atoms with E-state index in [2.05, 4.69) is 54.2 Å². The second-order valence-corrected chi connectivity index (χ2v) is 7.52. The lowest BCUT2D eigenvalue weighted by Gasteiger charge is -2.23. The highest BCUT2D eigenvalue weighted by Gasteiger charge is 2.15. The predicted molar refractivity (Wildman–Crippen MR) is 89.8 cm³/mol. The lowest BCUT2D eigenvalue weighted by molar-refractivity contribution is -0.0112. The van der Waals surface area contributed by atoms with Crippen LogP contribution in [0.3, 0.4) is 0 Å². The maximum absolute atomic E-state index is 5.88. The standard InChI is InChI=1S/C17H26BrNO2/c1-17(2,3)19-11-13-7-8-16(15(18)10-13)21-12-14-6-4-5-9-20-14/h7-8,10,14,19H,4-6,9,11-12H2,1-3H3. The zero-order valence-electron chi connectivity index (χ0n) is 13.2. The van der Waals surface area contributed by atoms with Crippen LogP contribution in [0.25, 0.3) is 0 Å². The Labute approximate surface area is 136 Å². The zero-order chi connectivity index (χ0) is 15.3. The van der Waals surface area contributed by atoms with Gasteiger partial charge in [0.05, 0.1) is 10.6 Å². The van der Waals surface area contributed by atoms with Crippen LogP contribution in [0.4, 0.5) is 0 Å². The van der Waals surface area contributed by atoms with E-state index in [1.807, 2.05) is 6.07 Å². The Kier molecular flexibility index (Phi) is 6.08. The van der Waals surface area contributed by atoms with Gasteiger partial charge in [-0.25, -0.2) is 0 Å². The molecule has 1 aliphatic heterocycles. The van der Waals surface area contributed by atoms with Gasteiger partial charge in [-0.3, -0.25) is 0 Å². The fourth-order valence-corrected chi connectivity index (χ4v) is 2.80. The molecule has 0 radical (unpaired) electrons. The van der Waals surface area contributed by atoms with Crippen molar-refractivity contribution < 1.29 is 9.47 Å². The highest BCUT2D eigenvalue weighted by molar-refractivity contribution is 9.10. The third kappa shape index (κ3) is 5.97. The summed E-state index contributed by atoms with van der Waals surface area (Å²) in [5.41, 5.74) is 1.37. The second kappa shape index (κ2) is 7.61. The lowest BCUT2D eigenvalue weighted by atomic mass is 10.1. The minimum absolute atomic E-state index is 0.125. The predicted octanol–water partition coefficient (Wildman–Crippen LogP) is 4.29. The Bertz CT molecular complexity index is 451. The maximum atomic E-state index is 5.88. The van der Waals surface area contributed by atoms with Gasteiger partial charge in [0, 0.05) is 18.7 Å². The summed E-state index contributed by atoms with van der Waals surface area (Å²) < 4.78 is 12.6. The van der Waals surface area contributed by atoms with Crippen molar-refractivity contribution in [2.24, 2.45) is 0 Å². The molecule has 118 valence electrons. The molecule has 0 aromatic heterocycles. The maximum Gasteiger partial charge on any atom is 0.133 e. The average Bonchev–Trinajstić information content (AvgIpc) is 2.44. The zero-order valence-corrected chi connectivity index (χ0v) is 14.8. The third-order valence-electron chi connectivity index (χ3n) is 3.52. The fraction of sp³-hybridized carbons (Fsp3) is 0.647. The van der Waals surface area contributed by atoms with Crippen molar-refractivity contribution in [1.29, 1.82) is 0 Å². The first-order valence-corrected chi connectivity index (χ1v) is 8.51. The highest BCUT2D eigenvalue weighted by Crippen LogP contribution is 2.27. The smallest absolute Gasteiger partial charge is 0.133 e. The monoisotopic (exact) mass is 355 g/mol. The van der Waals surface area contributed by atoms with Crippen LogP contribution in [0.2, 0.25) is 0 Å². The molecule has 1 heterocycles. The van der Waals surface area contributed by atoms with Gasteiger partial charge in [-0.1, -0.05) is 6.07 Å². The van der Waals surface area contributed by atoms with Crippen molar-refractivity contribution in [3.63, 3.8) is 0 Å². The van der Waals surface area contributed by atoms with Crippen LogP contribution in [0, 0.1) is 0 Å². The molecule has 1 unspecified atom stereocenters. The molecule has 0 amide bonds. The minimum atomic E-state index is 0.125. The van der Waals surface area contributed by atoms with Gasteiger partial charge in [0.25, 0.3) is 0 Å². The summed E-state index contributed by atoms with van der Waals surface area (Å²) in [4.78, 5) is 0. The van der Waals surface area contributed by atoms with Crippen LogP contribution in [-0.2, 0) is 11.3 Å². The van der Waals surface area contributed by atoms with E-state index in [4.69, 9.17) is 9.47 Å². The molecule has 1 N–H and O–H groups in total. The summed E-state index contributed by atoms with van der Waals surface area (Å²) >= 11 is 3.60. The number of nitrogens with one attached hydrogen (secondary N) is 1. The molecule has 4 heteroatoms. The Morgan fingerprint density at radius 1 is 1.33 bits per heavy atom. The van der Waals surface area contributed by atoms with Crippen LogP contribution < -0.4 is 10.1 Å². The molecule has 2 rings (SSSR count). The average molecular weight is 356 g/mol. The minimum Gasteiger partial charge on any atom is -0.490 e. The van der Waals surface area contributed by atoms with Crippen molar-refractivity contribution in [3.05, 3.63) is 28.2 Å². The largest absolute Gasteiger partial charge is 0.490 e. The third-order valence-corrected chi connectivity index (χ3v) is 4.14. The van der Waals surface area contributed by atoms with E-state index >= 15 is 0 Å².